The number of halogens is 2. The van der Waals surface area contributed by atoms with Gasteiger partial charge in [0, 0.05) is 0 Å². The molecule has 3 N–H and O–H groups in total. The fourth-order valence-electron chi connectivity index (χ4n) is 1.31. The molecule has 1 rings (SSSR count). The number of anilines is 1. The molecule has 19 heavy (non-hydrogen) atoms. The van der Waals surface area contributed by atoms with Crippen molar-refractivity contribution >= 4 is 29.3 Å². The molecule has 104 valence electrons. The molecule has 1 aromatic carbocycles. The van der Waals surface area contributed by atoms with E-state index in [1.165, 1.54) is 19.1 Å². The highest BCUT2D eigenvalue weighted by atomic mass is 35.5. The van der Waals surface area contributed by atoms with Gasteiger partial charge in [0.2, 0.25) is 0 Å². The van der Waals surface area contributed by atoms with E-state index in [0.717, 1.165) is 6.07 Å². The highest BCUT2D eigenvalue weighted by Crippen LogP contribution is 2.24. The van der Waals surface area contributed by atoms with E-state index in [0.29, 0.717) is 0 Å². The summed E-state index contributed by atoms with van der Waals surface area (Å²) >= 11 is 5.74. The van der Waals surface area contributed by atoms with E-state index in [-0.39, 0.29) is 17.1 Å². The van der Waals surface area contributed by atoms with Crippen LogP contribution in [0.2, 0.25) is 5.02 Å². The molecule has 1 atom stereocenters. The van der Waals surface area contributed by atoms with E-state index >= 15 is 0 Å². The van der Waals surface area contributed by atoms with Crippen LogP contribution in [0.5, 0.6) is 0 Å². The first-order valence-corrected chi connectivity index (χ1v) is 5.94. The summed E-state index contributed by atoms with van der Waals surface area (Å²) in [5.74, 6) is -1.87. The van der Waals surface area contributed by atoms with Gasteiger partial charge in [-0.3, -0.25) is 0 Å². The zero-order valence-electron chi connectivity index (χ0n) is 10.5. The second kappa shape index (κ2) is 5.88. The number of carboxylic acids is 1. The summed E-state index contributed by atoms with van der Waals surface area (Å²) in [5.41, 5.74) is -1.62. The van der Waals surface area contributed by atoms with Crippen LogP contribution in [0.15, 0.2) is 18.2 Å². The van der Waals surface area contributed by atoms with E-state index in [1.807, 2.05) is 0 Å². The van der Waals surface area contributed by atoms with Gasteiger partial charge >= 0.3 is 12.0 Å². The molecule has 1 unspecified atom stereocenters. The second-order valence-corrected chi connectivity index (χ2v) is 4.57. The molecule has 1 aromatic rings. The standard InChI is InChI=1S/C12H14ClFN2O3/c1-3-12(2,10(17)18)16-11(19)15-9-7(13)5-4-6-8(9)14/h4-6H,3H2,1-2H3,(H,17,18)(H2,15,16,19). The Kier molecular flexibility index (Phi) is 4.72. The number of carbonyl (C=O) groups is 2. The van der Waals surface area contributed by atoms with Crippen molar-refractivity contribution in [2.24, 2.45) is 0 Å². The Hall–Kier alpha value is -1.82. The fourth-order valence-corrected chi connectivity index (χ4v) is 1.52. The minimum atomic E-state index is -1.43. The topological polar surface area (TPSA) is 78.4 Å². The molecule has 0 fully saturated rings. The number of carboxylic acid groups (broad SMARTS) is 1. The molecule has 0 radical (unpaired) electrons. The Bertz CT molecular complexity index is 489. The third kappa shape index (κ3) is 3.57. The SMILES string of the molecule is CCC(C)(NC(=O)Nc1c(F)cccc1Cl)C(=O)O. The maximum absolute atomic E-state index is 13.4. The van der Waals surface area contributed by atoms with Gasteiger partial charge in [-0.15, -0.1) is 0 Å². The lowest BCUT2D eigenvalue weighted by atomic mass is 10.00. The predicted molar refractivity (Wildman–Crippen MR) is 69.9 cm³/mol. The molecule has 5 nitrogen and oxygen atoms in total. The molecular weight excluding hydrogens is 275 g/mol. The van der Waals surface area contributed by atoms with Gasteiger partial charge in [0.15, 0.2) is 0 Å². The molecule has 0 saturated carbocycles. The van der Waals surface area contributed by atoms with E-state index in [4.69, 9.17) is 16.7 Å². The summed E-state index contributed by atoms with van der Waals surface area (Å²) in [5, 5.41) is 13.5. The normalized spacial score (nSPS) is 13.5. The van der Waals surface area contributed by atoms with Gasteiger partial charge in [-0.2, -0.15) is 0 Å². The van der Waals surface area contributed by atoms with Crippen molar-refractivity contribution in [1.29, 1.82) is 0 Å². The Morgan fingerprint density at radius 1 is 1.47 bits per heavy atom. The maximum Gasteiger partial charge on any atom is 0.329 e. The van der Waals surface area contributed by atoms with Gasteiger partial charge in [0.1, 0.15) is 11.4 Å². The number of amides is 2. The van der Waals surface area contributed by atoms with Crippen LogP contribution in [-0.4, -0.2) is 22.6 Å². The molecule has 7 heteroatoms. The number of urea groups is 1. The average molecular weight is 289 g/mol. The number of rotatable bonds is 4. The smallest absolute Gasteiger partial charge is 0.329 e. The number of nitrogens with one attached hydrogen (secondary N) is 2. The van der Waals surface area contributed by atoms with Crippen LogP contribution >= 0.6 is 11.6 Å². The largest absolute Gasteiger partial charge is 0.480 e. The first-order valence-electron chi connectivity index (χ1n) is 5.56. The minimum absolute atomic E-state index is 0.0312. The third-order valence-corrected chi connectivity index (χ3v) is 3.08. The lowest BCUT2D eigenvalue weighted by Crippen LogP contribution is -2.53. The molecule has 0 spiro atoms. The summed E-state index contributed by atoms with van der Waals surface area (Å²) in [6.07, 6.45) is 0.181. The average Bonchev–Trinajstić information content (AvgIpc) is 2.33. The van der Waals surface area contributed by atoms with E-state index < -0.39 is 23.4 Å². The molecule has 0 aliphatic carbocycles. The number of hydrogen-bond acceptors (Lipinski definition) is 2. The van der Waals surface area contributed by atoms with Crippen molar-refractivity contribution in [2.75, 3.05) is 5.32 Å². The van der Waals surface area contributed by atoms with E-state index in [1.54, 1.807) is 6.92 Å². The Morgan fingerprint density at radius 3 is 2.58 bits per heavy atom. The number of hydrogen-bond donors (Lipinski definition) is 3. The minimum Gasteiger partial charge on any atom is -0.480 e. The van der Waals surface area contributed by atoms with Crippen molar-refractivity contribution in [2.45, 2.75) is 25.8 Å². The quantitative estimate of drug-likeness (QED) is 0.797. The summed E-state index contributed by atoms with van der Waals surface area (Å²) in [6.45, 7) is 2.97. The fraction of sp³-hybridized carbons (Fsp3) is 0.333. The van der Waals surface area contributed by atoms with Crippen LogP contribution < -0.4 is 10.6 Å². The van der Waals surface area contributed by atoms with Gasteiger partial charge in [0.25, 0.3) is 0 Å². The summed E-state index contributed by atoms with van der Waals surface area (Å²) < 4.78 is 13.4. The van der Waals surface area contributed by atoms with Crippen LogP contribution in [0.25, 0.3) is 0 Å². The lowest BCUT2D eigenvalue weighted by Gasteiger charge is -2.24. The molecule has 0 aromatic heterocycles. The van der Waals surface area contributed by atoms with Crippen molar-refractivity contribution in [3.63, 3.8) is 0 Å². The van der Waals surface area contributed by atoms with E-state index in [2.05, 4.69) is 10.6 Å². The van der Waals surface area contributed by atoms with Crippen LogP contribution in [0.3, 0.4) is 0 Å². The van der Waals surface area contributed by atoms with Gasteiger partial charge in [-0.25, -0.2) is 14.0 Å². The molecule has 0 bridgehead atoms. The second-order valence-electron chi connectivity index (χ2n) is 4.17. The Labute approximate surface area is 114 Å². The molecule has 0 heterocycles. The summed E-state index contributed by atoms with van der Waals surface area (Å²) in [7, 11) is 0. The zero-order valence-corrected chi connectivity index (χ0v) is 11.2. The number of para-hydroxylation sites is 1. The monoisotopic (exact) mass is 288 g/mol. The lowest BCUT2D eigenvalue weighted by molar-refractivity contribution is -0.143. The zero-order chi connectivity index (χ0) is 14.6. The molecule has 0 saturated heterocycles. The van der Waals surface area contributed by atoms with Crippen molar-refractivity contribution < 1.29 is 19.1 Å². The molecule has 0 aliphatic heterocycles. The van der Waals surface area contributed by atoms with Crippen molar-refractivity contribution in [3.05, 3.63) is 29.0 Å². The van der Waals surface area contributed by atoms with Crippen LogP contribution in [0.1, 0.15) is 20.3 Å². The van der Waals surface area contributed by atoms with Crippen molar-refractivity contribution in [1.82, 2.24) is 5.32 Å². The number of carbonyl (C=O) groups excluding carboxylic acids is 1. The van der Waals surface area contributed by atoms with Crippen LogP contribution in [0, 0.1) is 5.82 Å². The number of aliphatic carboxylic acids is 1. The van der Waals surface area contributed by atoms with Gasteiger partial charge < -0.3 is 15.7 Å². The van der Waals surface area contributed by atoms with Gasteiger partial charge in [0.05, 0.1) is 10.7 Å². The molecular formula is C12H14ClFN2O3. The Morgan fingerprint density at radius 2 is 2.11 bits per heavy atom. The predicted octanol–water partition coefficient (Wildman–Crippen LogP) is 2.85. The van der Waals surface area contributed by atoms with Gasteiger partial charge in [-0.1, -0.05) is 24.6 Å². The first-order chi connectivity index (χ1) is 8.80. The van der Waals surface area contributed by atoms with Crippen molar-refractivity contribution in [3.8, 4) is 0 Å². The van der Waals surface area contributed by atoms with Crippen LogP contribution in [-0.2, 0) is 4.79 Å². The van der Waals surface area contributed by atoms with Gasteiger partial charge in [-0.05, 0) is 25.5 Å². The molecule has 2 amide bonds. The summed E-state index contributed by atoms with van der Waals surface area (Å²) in [6, 6.07) is 3.11. The van der Waals surface area contributed by atoms with E-state index in [9.17, 15) is 14.0 Å². The highest BCUT2D eigenvalue weighted by Gasteiger charge is 2.33. The number of benzene rings is 1. The highest BCUT2D eigenvalue weighted by molar-refractivity contribution is 6.33. The maximum atomic E-state index is 13.4. The molecule has 0 aliphatic rings. The third-order valence-electron chi connectivity index (χ3n) is 2.77. The Balaban J connectivity index is 2.84. The van der Waals surface area contributed by atoms with Crippen LogP contribution in [0.4, 0.5) is 14.9 Å². The summed E-state index contributed by atoms with van der Waals surface area (Å²) in [4.78, 5) is 22.7. The first kappa shape index (κ1) is 15.2.